The number of aromatic nitrogens is 3. The summed E-state index contributed by atoms with van der Waals surface area (Å²) in [5.74, 6) is 0. The molecule has 4 nitrogen and oxygen atoms in total. The van der Waals surface area contributed by atoms with Gasteiger partial charge in [-0.05, 0) is 61.4 Å². The van der Waals surface area contributed by atoms with Crippen molar-refractivity contribution in [3.63, 3.8) is 0 Å². The van der Waals surface area contributed by atoms with E-state index in [1.165, 1.54) is 17.5 Å². The quantitative estimate of drug-likeness (QED) is 0.412. The summed E-state index contributed by atoms with van der Waals surface area (Å²) in [6.07, 6.45) is 1.41. The van der Waals surface area contributed by atoms with Crippen LogP contribution in [0.1, 0.15) is 11.1 Å². The van der Waals surface area contributed by atoms with Crippen molar-refractivity contribution in [2.75, 3.05) is 0 Å². The summed E-state index contributed by atoms with van der Waals surface area (Å²) in [6, 6.07) is 15.1. The molecule has 28 heavy (non-hydrogen) atoms. The molecule has 0 fully saturated rings. The fraction of sp³-hybridized carbons (Fsp3) is 0.0952. The fourth-order valence-corrected chi connectivity index (χ4v) is 4.38. The van der Waals surface area contributed by atoms with E-state index in [0.717, 1.165) is 9.92 Å². The number of nitrogens with zero attached hydrogens (tertiary/aromatic N) is 3. The van der Waals surface area contributed by atoms with Crippen molar-refractivity contribution in [3.8, 4) is 11.1 Å². The van der Waals surface area contributed by atoms with Gasteiger partial charge in [0.25, 0.3) is 5.56 Å². The molecule has 0 aliphatic rings. The van der Waals surface area contributed by atoms with Crippen LogP contribution in [0.15, 0.2) is 69.6 Å². The summed E-state index contributed by atoms with van der Waals surface area (Å²) in [5.41, 5.74) is 3.49. The molecule has 2 aromatic carbocycles. The van der Waals surface area contributed by atoms with Crippen molar-refractivity contribution in [1.29, 1.82) is 0 Å². The third-order valence-electron chi connectivity index (χ3n) is 4.50. The minimum atomic E-state index is -0.397. The van der Waals surface area contributed by atoms with Crippen LogP contribution in [0.25, 0.3) is 16.6 Å². The first-order valence-corrected chi connectivity index (χ1v) is 10.1. The van der Waals surface area contributed by atoms with Gasteiger partial charge in [0.05, 0.1) is 21.1 Å². The molecule has 140 valence electrons. The lowest BCUT2D eigenvalue weighted by Crippen LogP contribution is -2.14. The van der Waals surface area contributed by atoms with Gasteiger partial charge in [0.2, 0.25) is 0 Å². The zero-order chi connectivity index (χ0) is 19.8. The first-order chi connectivity index (χ1) is 13.4. The lowest BCUT2D eigenvalue weighted by molar-refractivity contribution is 0.824. The van der Waals surface area contributed by atoms with Crippen molar-refractivity contribution in [1.82, 2.24) is 14.6 Å². The molecule has 0 spiro atoms. The standard InChI is InChI=1S/C21H15Cl2N3OS/c1-12-6-7-14(10-13(12)2)28-18-9-8-17-20(21(27)24-11-26(17)25-18)19-15(22)4-3-5-16(19)23/h3-11H,1-2H3. The Morgan fingerprint density at radius 1 is 0.929 bits per heavy atom. The number of halogens is 2. The van der Waals surface area contributed by atoms with E-state index in [2.05, 4.69) is 42.1 Å². The Labute approximate surface area is 176 Å². The van der Waals surface area contributed by atoms with Gasteiger partial charge in [-0.1, -0.05) is 47.1 Å². The molecule has 2 heterocycles. The summed E-state index contributed by atoms with van der Waals surface area (Å²) in [4.78, 5) is 17.6. The summed E-state index contributed by atoms with van der Waals surface area (Å²) in [5, 5.41) is 6.18. The molecule has 7 heteroatoms. The molecule has 4 rings (SSSR count). The fourth-order valence-electron chi connectivity index (χ4n) is 2.91. The molecule has 0 aliphatic carbocycles. The maximum absolute atomic E-state index is 12.5. The number of benzene rings is 2. The molecular formula is C21H15Cl2N3OS. The third-order valence-corrected chi connectivity index (χ3v) is 6.05. The van der Waals surface area contributed by atoms with Gasteiger partial charge < -0.3 is 0 Å². The maximum Gasteiger partial charge on any atom is 0.281 e. The SMILES string of the molecule is Cc1ccc(Sc2ccc3c(-c4c(Cl)cccc4Cl)c(=O)ncn3n2)cc1C. The van der Waals surface area contributed by atoms with E-state index in [4.69, 9.17) is 23.2 Å². The predicted molar refractivity (Wildman–Crippen MR) is 115 cm³/mol. The van der Waals surface area contributed by atoms with Crippen LogP contribution in [0.3, 0.4) is 0 Å². The Morgan fingerprint density at radius 2 is 1.68 bits per heavy atom. The second-order valence-electron chi connectivity index (χ2n) is 6.37. The summed E-state index contributed by atoms with van der Waals surface area (Å²) >= 11 is 14.2. The number of aryl methyl sites for hydroxylation is 2. The molecule has 2 aromatic heterocycles. The largest absolute Gasteiger partial charge is 0.281 e. The van der Waals surface area contributed by atoms with Crippen molar-refractivity contribution < 1.29 is 0 Å². The second kappa shape index (κ2) is 7.59. The van der Waals surface area contributed by atoms with E-state index >= 15 is 0 Å². The zero-order valence-electron chi connectivity index (χ0n) is 15.1. The van der Waals surface area contributed by atoms with Crippen LogP contribution in [0.4, 0.5) is 0 Å². The van der Waals surface area contributed by atoms with Crippen LogP contribution in [-0.2, 0) is 0 Å². The Hall–Kier alpha value is -2.34. The van der Waals surface area contributed by atoms with Gasteiger partial charge in [0.15, 0.2) is 0 Å². The summed E-state index contributed by atoms with van der Waals surface area (Å²) in [6.45, 7) is 4.17. The van der Waals surface area contributed by atoms with E-state index in [1.807, 2.05) is 12.1 Å². The van der Waals surface area contributed by atoms with Crippen LogP contribution in [-0.4, -0.2) is 14.6 Å². The third kappa shape index (κ3) is 3.53. The molecule has 0 radical (unpaired) electrons. The van der Waals surface area contributed by atoms with Crippen LogP contribution >= 0.6 is 35.0 Å². The van der Waals surface area contributed by atoms with Crippen molar-refractivity contribution >= 4 is 40.5 Å². The van der Waals surface area contributed by atoms with E-state index in [9.17, 15) is 4.79 Å². The Morgan fingerprint density at radius 3 is 2.39 bits per heavy atom. The average molecular weight is 428 g/mol. The highest BCUT2D eigenvalue weighted by atomic mass is 35.5. The summed E-state index contributed by atoms with van der Waals surface area (Å²) < 4.78 is 1.58. The van der Waals surface area contributed by atoms with Crippen molar-refractivity contribution in [2.24, 2.45) is 0 Å². The van der Waals surface area contributed by atoms with Gasteiger partial charge in [0, 0.05) is 10.5 Å². The lowest BCUT2D eigenvalue weighted by Gasteiger charge is -2.11. The van der Waals surface area contributed by atoms with E-state index in [0.29, 0.717) is 26.7 Å². The first-order valence-electron chi connectivity index (χ1n) is 8.52. The van der Waals surface area contributed by atoms with Crippen LogP contribution < -0.4 is 5.56 Å². The van der Waals surface area contributed by atoms with E-state index in [1.54, 1.807) is 34.5 Å². The number of fused-ring (bicyclic) bond motifs is 1. The van der Waals surface area contributed by atoms with Gasteiger partial charge in [-0.15, -0.1) is 0 Å². The van der Waals surface area contributed by atoms with Crippen molar-refractivity contribution in [2.45, 2.75) is 23.8 Å². The Kier molecular flexibility index (Phi) is 5.15. The van der Waals surface area contributed by atoms with Crippen LogP contribution in [0, 0.1) is 13.8 Å². The average Bonchev–Trinajstić information content (AvgIpc) is 2.66. The summed E-state index contributed by atoms with van der Waals surface area (Å²) in [7, 11) is 0. The van der Waals surface area contributed by atoms with Crippen molar-refractivity contribution in [3.05, 3.63) is 86.4 Å². The highest BCUT2D eigenvalue weighted by Crippen LogP contribution is 2.35. The smallest absolute Gasteiger partial charge is 0.267 e. The van der Waals surface area contributed by atoms with Gasteiger partial charge in [0.1, 0.15) is 11.4 Å². The molecule has 0 aliphatic heterocycles. The number of hydrogen-bond donors (Lipinski definition) is 0. The molecule has 4 aromatic rings. The molecule has 0 bridgehead atoms. The minimum Gasteiger partial charge on any atom is -0.267 e. The maximum atomic E-state index is 12.5. The lowest BCUT2D eigenvalue weighted by atomic mass is 10.1. The normalized spacial score (nSPS) is 11.1. The molecule has 0 unspecified atom stereocenters. The van der Waals surface area contributed by atoms with Crippen LogP contribution in [0.2, 0.25) is 10.0 Å². The molecule has 0 saturated heterocycles. The first kappa shape index (κ1) is 19.0. The molecular weight excluding hydrogens is 413 g/mol. The van der Waals surface area contributed by atoms with E-state index < -0.39 is 5.56 Å². The van der Waals surface area contributed by atoms with Gasteiger partial charge in [-0.25, -0.2) is 4.52 Å². The molecule has 0 atom stereocenters. The Balaban J connectivity index is 1.83. The zero-order valence-corrected chi connectivity index (χ0v) is 17.4. The highest BCUT2D eigenvalue weighted by Gasteiger charge is 2.17. The number of rotatable bonds is 3. The van der Waals surface area contributed by atoms with Crippen LogP contribution in [0.5, 0.6) is 0 Å². The van der Waals surface area contributed by atoms with Gasteiger partial charge >= 0.3 is 0 Å². The second-order valence-corrected chi connectivity index (χ2v) is 8.28. The van der Waals surface area contributed by atoms with Gasteiger partial charge in [-0.2, -0.15) is 10.1 Å². The number of hydrogen-bond acceptors (Lipinski definition) is 4. The van der Waals surface area contributed by atoms with E-state index in [-0.39, 0.29) is 0 Å². The molecule has 0 saturated carbocycles. The topological polar surface area (TPSA) is 47.3 Å². The predicted octanol–water partition coefficient (Wildman–Crippen LogP) is 5.83. The molecule has 0 N–H and O–H groups in total. The monoisotopic (exact) mass is 427 g/mol. The Bertz CT molecular complexity index is 1250. The molecule has 0 amide bonds. The van der Waals surface area contributed by atoms with Gasteiger partial charge in [-0.3, -0.25) is 4.79 Å². The minimum absolute atomic E-state index is 0.341. The highest BCUT2D eigenvalue weighted by molar-refractivity contribution is 7.99.